The maximum Gasteiger partial charge on any atom is 0.416 e. The lowest BCUT2D eigenvalue weighted by atomic mass is 10.1. The quantitative estimate of drug-likeness (QED) is 0.571. The average Bonchev–Trinajstić information content (AvgIpc) is 2.80. The Kier molecular flexibility index (Phi) is 4.02. The Morgan fingerprint density at radius 3 is 2.39 bits per heavy atom. The minimum Gasteiger partial charge on any atom is -0.328 e. The van der Waals surface area contributed by atoms with Crippen molar-refractivity contribution in [3.8, 4) is 0 Å². The van der Waals surface area contributed by atoms with Crippen LogP contribution in [-0.2, 0) is 13.2 Å². The van der Waals surface area contributed by atoms with E-state index in [1.165, 1.54) is 12.1 Å². The molecule has 0 amide bonds. The summed E-state index contributed by atoms with van der Waals surface area (Å²) in [7, 11) is 1.90. The van der Waals surface area contributed by atoms with E-state index in [0.29, 0.717) is 5.56 Å². The van der Waals surface area contributed by atoms with E-state index in [0.717, 1.165) is 33.5 Å². The Balaban J connectivity index is 1.89. The molecular weight excluding hydrogens is 369 g/mol. The number of aryl methyl sites for hydroxylation is 1. The summed E-state index contributed by atoms with van der Waals surface area (Å²) in [4.78, 5) is 4.51. The van der Waals surface area contributed by atoms with Gasteiger partial charge in [0.25, 0.3) is 0 Å². The van der Waals surface area contributed by atoms with E-state index in [4.69, 9.17) is 0 Å². The number of aromatic nitrogens is 2. The number of hydrogen-bond acceptors (Lipinski definition) is 1. The summed E-state index contributed by atoms with van der Waals surface area (Å²) in [6.07, 6.45) is -0.778. The van der Waals surface area contributed by atoms with Crippen LogP contribution in [0.3, 0.4) is 0 Å². The van der Waals surface area contributed by atoms with E-state index in [1.807, 2.05) is 29.8 Å². The summed E-state index contributed by atoms with van der Waals surface area (Å²) in [6.45, 7) is 0. The van der Waals surface area contributed by atoms with E-state index in [2.05, 4.69) is 20.9 Å². The third-order valence-electron chi connectivity index (χ3n) is 3.54. The van der Waals surface area contributed by atoms with Gasteiger partial charge in [0.2, 0.25) is 0 Å². The summed E-state index contributed by atoms with van der Waals surface area (Å²) in [5.74, 6) is 0.734. The second kappa shape index (κ2) is 5.85. The molecule has 0 aliphatic heterocycles. The minimum atomic E-state index is -4.31. The molecule has 6 heteroatoms. The standard InChI is InChI=1S/C17H12BrF3N2/c1-23-15-8-7-13(18)10-14(15)22-16(23)9-4-11-2-5-12(6-3-11)17(19,20)21/h2-10H,1H3. The van der Waals surface area contributed by atoms with E-state index < -0.39 is 11.7 Å². The molecule has 1 heterocycles. The average molecular weight is 381 g/mol. The topological polar surface area (TPSA) is 17.8 Å². The predicted molar refractivity (Wildman–Crippen MR) is 88.8 cm³/mol. The number of nitrogens with zero attached hydrogens (tertiary/aromatic N) is 2. The molecule has 2 aromatic carbocycles. The van der Waals surface area contributed by atoms with Crippen LogP contribution in [0.4, 0.5) is 13.2 Å². The number of benzene rings is 2. The van der Waals surface area contributed by atoms with Crippen LogP contribution < -0.4 is 0 Å². The summed E-state index contributed by atoms with van der Waals surface area (Å²) >= 11 is 3.41. The molecule has 23 heavy (non-hydrogen) atoms. The summed E-state index contributed by atoms with van der Waals surface area (Å²) in [6, 6.07) is 10.9. The molecule has 0 aliphatic rings. The van der Waals surface area contributed by atoms with E-state index >= 15 is 0 Å². The van der Waals surface area contributed by atoms with Crippen molar-refractivity contribution < 1.29 is 13.2 Å². The van der Waals surface area contributed by atoms with Gasteiger partial charge in [0.05, 0.1) is 16.6 Å². The lowest BCUT2D eigenvalue weighted by molar-refractivity contribution is -0.137. The first-order valence-corrected chi connectivity index (χ1v) is 7.61. The first kappa shape index (κ1) is 15.8. The molecule has 0 aliphatic carbocycles. The zero-order valence-electron chi connectivity index (χ0n) is 12.1. The molecule has 0 atom stereocenters. The number of alkyl halides is 3. The highest BCUT2D eigenvalue weighted by Gasteiger charge is 2.29. The molecule has 0 bridgehead atoms. The van der Waals surface area contributed by atoms with Crippen LogP contribution >= 0.6 is 15.9 Å². The predicted octanol–water partition coefficient (Wildman–Crippen LogP) is 5.53. The number of imidazole rings is 1. The van der Waals surface area contributed by atoms with Gasteiger partial charge in [-0.15, -0.1) is 0 Å². The van der Waals surface area contributed by atoms with Crippen molar-refractivity contribution in [1.82, 2.24) is 9.55 Å². The molecule has 0 saturated heterocycles. The molecule has 0 spiro atoms. The van der Waals surface area contributed by atoms with Crippen molar-refractivity contribution in [3.05, 3.63) is 63.9 Å². The van der Waals surface area contributed by atoms with Crippen LogP contribution in [0.25, 0.3) is 23.2 Å². The van der Waals surface area contributed by atoms with Gasteiger partial charge in [-0.05, 0) is 42.0 Å². The molecule has 0 saturated carbocycles. The van der Waals surface area contributed by atoms with Crippen LogP contribution in [-0.4, -0.2) is 9.55 Å². The Morgan fingerprint density at radius 1 is 1.04 bits per heavy atom. The smallest absolute Gasteiger partial charge is 0.328 e. The highest BCUT2D eigenvalue weighted by molar-refractivity contribution is 9.10. The van der Waals surface area contributed by atoms with Crippen LogP contribution in [0.15, 0.2) is 46.9 Å². The molecule has 2 nitrogen and oxygen atoms in total. The molecule has 3 rings (SSSR count). The Labute approximate surface area is 139 Å². The zero-order valence-corrected chi connectivity index (χ0v) is 13.7. The SMILES string of the molecule is Cn1c(C=Cc2ccc(C(F)(F)F)cc2)nc2cc(Br)ccc21. The highest BCUT2D eigenvalue weighted by atomic mass is 79.9. The monoisotopic (exact) mass is 380 g/mol. The molecular formula is C17H12BrF3N2. The van der Waals surface area contributed by atoms with Crippen LogP contribution in [0.2, 0.25) is 0 Å². The number of hydrogen-bond donors (Lipinski definition) is 0. The Morgan fingerprint density at radius 2 is 1.74 bits per heavy atom. The maximum atomic E-state index is 12.5. The van der Waals surface area contributed by atoms with Crippen molar-refractivity contribution in [2.75, 3.05) is 0 Å². The van der Waals surface area contributed by atoms with Crippen molar-refractivity contribution in [2.45, 2.75) is 6.18 Å². The number of halogens is 4. The Hall–Kier alpha value is -2.08. The van der Waals surface area contributed by atoms with Gasteiger partial charge in [-0.25, -0.2) is 4.98 Å². The van der Waals surface area contributed by atoms with Crippen molar-refractivity contribution in [2.24, 2.45) is 7.05 Å². The summed E-state index contributed by atoms with van der Waals surface area (Å²) < 4.78 is 40.5. The van der Waals surface area contributed by atoms with Gasteiger partial charge in [-0.2, -0.15) is 13.2 Å². The first-order chi connectivity index (χ1) is 10.8. The molecule has 118 valence electrons. The zero-order chi connectivity index (χ0) is 16.6. The fourth-order valence-corrected chi connectivity index (χ4v) is 2.64. The lowest BCUT2D eigenvalue weighted by Gasteiger charge is -2.05. The van der Waals surface area contributed by atoms with E-state index in [-0.39, 0.29) is 0 Å². The third-order valence-corrected chi connectivity index (χ3v) is 4.03. The van der Waals surface area contributed by atoms with Gasteiger partial charge < -0.3 is 4.57 Å². The second-order valence-electron chi connectivity index (χ2n) is 5.12. The lowest BCUT2D eigenvalue weighted by Crippen LogP contribution is -2.03. The van der Waals surface area contributed by atoms with Crippen molar-refractivity contribution in [1.29, 1.82) is 0 Å². The van der Waals surface area contributed by atoms with Crippen LogP contribution in [0.1, 0.15) is 17.0 Å². The molecule has 0 unspecified atom stereocenters. The minimum absolute atomic E-state index is 0.651. The fraction of sp³-hybridized carbons (Fsp3) is 0.118. The highest BCUT2D eigenvalue weighted by Crippen LogP contribution is 2.29. The van der Waals surface area contributed by atoms with Gasteiger partial charge in [0, 0.05) is 11.5 Å². The summed E-state index contributed by atoms with van der Waals surface area (Å²) in [5, 5.41) is 0. The van der Waals surface area contributed by atoms with Crippen LogP contribution in [0, 0.1) is 0 Å². The van der Waals surface area contributed by atoms with Gasteiger partial charge in [-0.3, -0.25) is 0 Å². The van der Waals surface area contributed by atoms with Crippen molar-refractivity contribution >= 4 is 39.1 Å². The van der Waals surface area contributed by atoms with Gasteiger partial charge in [0.15, 0.2) is 0 Å². The molecule has 0 fully saturated rings. The number of rotatable bonds is 2. The van der Waals surface area contributed by atoms with E-state index in [9.17, 15) is 13.2 Å². The molecule has 3 aromatic rings. The molecule has 1 aromatic heterocycles. The second-order valence-corrected chi connectivity index (χ2v) is 6.03. The molecule has 0 radical (unpaired) electrons. The maximum absolute atomic E-state index is 12.5. The summed E-state index contributed by atoms with van der Waals surface area (Å²) in [5.41, 5.74) is 1.88. The van der Waals surface area contributed by atoms with Crippen LogP contribution in [0.5, 0.6) is 0 Å². The van der Waals surface area contributed by atoms with Gasteiger partial charge in [-0.1, -0.05) is 34.1 Å². The fourth-order valence-electron chi connectivity index (χ4n) is 2.29. The third kappa shape index (κ3) is 3.32. The van der Waals surface area contributed by atoms with Crippen molar-refractivity contribution in [3.63, 3.8) is 0 Å². The first-order valence-electron chi connectivity index (χ1n) is 6.82. The van der Waals surface area contributed by atoms with Gasteiger partial charge >= 0.3 is 6.18 Å². The van der Waals surface area contributed by atoms with Gasteiger partial charge in [0.1, 0.15) is 5.82 Å². The van der Waals surface area contributed by atoms with E-state index in [1.54, 1.807) is 12.2 Å². The largest absolute Gasteiger partial charge is 0.416 e. The Bertz CT molecular complexity index is 877. The molecule has 0 N–H and O–H groups in total. The number of fused-ring (bicyclic) bond motifs is 1. The normalized spacial score (nSPS) is 12.4.